The normalized spacial score (nSPS) is 12.2. The van der Waals surface area contributed by atoms with Gasteiger partial charge in [-0.15, -0.1) is 0 Å². The third-order valence-electron chi connectivity index (χ3n) is 3.34. The van der Waals surface area contributed by atoms with Crippen molar-refractivity contribution in [2.24, 2.45) is 0 Å². The summed E-state index contributed by atoms with van der Waals surface area (Å²) in [5.74, 6) is 1.50. The standard InChI is InChI=1S/C15H14N2O4/c1-10-6-12(17(18)19)3-4-13(10)16-8-11-2-5-14-15(7-11)21-9-20-14/h2-7,16H,8-9H2,1H3. The fourth-order valence-electron chi connectivity index (χ4n) is 2.21. The second kappa shape index (κ2) is 5.32. The van der Waals surface area contributed by atoms with Crippen LogP contribution in [0, 0.1) is 17.0 Å². The molecule has 0 fully saturated rings. The van der Waals surface area contributed by atoms with Crippen molar-refractivity contribution in [3.63, 3.8) is 0 Å². The summed E-state index contributed by atoms with van der Waals surface area (Å²) < 4.78 is 10.6. The molecule has 21 heavy (non-hydrogen) atoms. The van der Waals surface area contributed by atoms with Gasteiger partial charge in [0.1, 0.15) is 0 Å². The number of nitro benzene ring substituents is 1. The van der Waals surface area contributed by atoms with Crippen LogP contribution < -0.4 is 14.8 Å². The predicted octanol–water partition coefficient (Wildman–Crippen LogP) is 3.24. The Morgan fingerprint density at radius 2 is 2.00 bits per heavy atom. The lowest BCUT2D eigenvalue weighted by Gasteiger charge is -2.10. The Kier molecular flexibility index (Phi) is 3.35. The summed E-state index contributed by atoms with van der Waals surface area (Å²) in [4.78, 5) is 10.3. The number of fused-ring (bicyclic) bond motifs is 1. The van der Waals surface area contributed by atoms with Crippen molar-refractivity contribution >= 4 is 11.4 Å². The number of hydrogen-bond donors (Lipinski definition) is 1. The van der Waals surface area contributed by atoms with E-state index in [0.717, 1.165) is 28.3 Å². The molecule has 1 aliphatic heterocycles. The van der Waals surface area contributed by atoms with Crippen molar-refractivity contribution in [2.75, 3.05) is 12.1 Å². The number of nitrogens with one attached hydrogen (secondary N) is 1. The molecule has 0 amide bonds. The van der Waals surface area contributed by atoms with Crippen LogP contribution in [0.1, 0.15) is 11.1 Å². The zero-order chi connectivity index (χ0) is 14.8. The molecule has 0 radical (unpaired) electrons. The Bertz CT molecular complexity index is 700. The number of non-ortho nitro benzene ring substituents is 1. The van der Waals surface area contributed by atoms with Gasteiger partial charge in [0.05, 0.1) is 4.92 Å². The highest BCUT2D eigenvalue weighted by molar-refractivity contribution is 5.56. The maximum absolute atomic E-state index is 10.7. The molecule has 0 spiro atoms. The molecule has 2 aromatic rings. The zero-order valence-corrected chi connectivity index (χ0v) is 11.5. The zero-order valence-electron chi connectivity index (χ0n) is 11.5. The Morgan fingerprint density at radius 1 is 1.19 bits per heavy atom. The molecule has 0 bridgehead atoms. The number of rotatable bonds is 4. The first kappa shape index (κ1) is 13.2. The van der Waals surface area contributed by atoms with Crippen molar-refractivity contribution in [1.82, 2.24) is 0 Å². The summed E-state index contributed by atoms with van der Waals surface area (Å²) in [7, 11) is 0. The largest absolute Gasteiger partial charge is 0.454 e. The number of anilines is 1. The number of hydrogen-bond acceptors (Lipinski definition) is 5. The van der Waals surface area contributed by atoms with Gasteiger partial charge in [-0.1, -0.05) is 6.07 Å². The van der Waals surface area contributed by atoms with Gasteiger partial charge in [-0.25, -0.2) is 0 Å². The molecule has 6 nitrogen and oxygen atoms in total. The first-order valence-corrected chi connectivity index (χ1v) is 6.51. The van der Waals surface area contributed by atoms with Crippen molar-refractivity contribution < 1.29 is 14.4 Å². The molecule has 1 heterocycles. The Labute approximate surface area is 121 Å². The molecule has 6 heteroatoms. The fourth-order valence-corrected chi connectivity index (χ4v) is 2.21. The summed E-state index contributed by atoms with van der Waals surface area (Å²) in [5, 5.41) is 14.0. The molecule has 0 atom stereocenters. The second-order valence-corrected chi connectivity index (χ2v) is 4.80. The number of aryl methyl sites for hydroxylation is 1. The van der Waals surface area contributed by atoms with Crippen LogP contribution in [-0.4, -0.2) is 11.7 Å². The topological polar surface area (TPSA) is 73.6 Å². The van der Waals surface area contributed by atoms with E-state index in [-0.39, 0.29) is 12.5 Å². The Hall–Kier alpha value is -2.76. The number of benzene rings is 2. The van der Waals surface area contributed by atoms with Gasteiger partial charge in [0.15, 0.2) is 11.5 Å². The summed E-state index contributed by atoms with van der Waals surface area (Å²) in [6.45, 7) is 2.71. The second-order valence-electron chi connectivity index (χ2n) is 4.80. The number of ether oxygens (including phenoxy) is 2. The molecular formula is C15H14N2O4. The summed E-state index contributed by atoms with van der Waals surface area (Å²) in [6, 6.07) is 10.5. The van der Waals surface area contributed by atoms with E-state index in [9.17, 15) is 10.1 Å². The summed E-state index contributed by atoms with van der Waals surface area (Å²) in [6.07, 6.45) is 0. The maximum atomic E-state index is 10.7. The van der Waals surface area contributed by atoms with Gasteiger partial charge in [0, 0.05) is 24.4 Å². The molecular weight excluding hydrogens is 272 g/mol. The van der Waals surface area contributed by atoms with Crippen LogP contribution in [0.25, 0.3) is 0 Å². The van der Waals surface area contributed by atoms with Crippen LogP contribution in [-0.2, 0) is 6.54 Å². The number of nitrogens with zero attached hydrogens (tertiary/aromatic N) is 1. The molecule has 0 saturated heterocycles. The van der Waals surface area contributed by atoms with Crippen molar-refractivity contribution in [2.45, 2.75) is 13.5 Å². The molecule has 2 aromatic carbocycles. The van der Waals surface area contributed by atoms with E-state index in [4.69, 9.17) is 9.47 Å². The van der Waals surface area contributed by atoms with Gasteiger partial charge in [-0.3, -0.25) is 10.1 Å². The van der Waals surface area contributed by atoms with E-state index in [1.165, 1.54) is 6.07 Å². The van der Waals surface area contributed by atoms with Crippen LogP contribution in [0.15, 0.2) is 36.4 Å². The summed E-state index contributed by atoms with van der Waals surface area (Å²) >= 11 is 0. The molecule has 1 aliphatic rings. The minimum atomic E-state index is -0.394. The number of nitro groups is 1. The lowest BCUT2D eigenvalue weighted by atomic mass is 10.1. The van der Waals surface area contributed by atoms with Gasteiger partial charge >= 0.3 is 0 Å². The lowest BCUT2D eigenvalue weighted by molar-refractivity contribution is -0.384. The SMILES string of the molecule is Cc1cc([N+](=O)[O-])ccc1NCc1ccc2c(c1)OCO2. The minimum Gasteiger partial charge on any atom is -0.454 e. The van der Waals surface area contributed by atoms with E-state index >= 15 is 0 Å². The Balaban J connectivity index is 1.71. The quantitative estimate of drug-likeness (QED) is 0.690. The molecule has 0 saturated carbocycles. The molecule has 0 unspecified atom stereocenters. The minimum absolute atomic E-state index is 0.0983. The van der Waals surface area contributed by atoms with E-state index in [0.29, 0.717) is 6.54 Å². The van der Waals surface area contributed by atoms with E-state index in [1.54, 1.807) is 12.1 Å². The van der Waals surface area contributed by atoms with E-state index in [2.05, 4.69) is 5.32 Å². The third kappa shape index (κ3) is 2.74. The van der Waals surface area contributed by atoms with E-state index in [1.807, 2.05) is 25.1 Å². The van der Waals surface area contributed by atoms with Gasteiger partial charge in [-0.2, -0.15) is 0 Å². The fraction of sp³-hybridized carbons (Fsp3) is 0.200. The van der Waals surface area contributed by atoms with Crippen LogP contribution in [0.3, 0.4) is 0 Å². The van der Waals surface area contributed by atoms with Crippen molar-refractivity contribution in [1.29, 1.82) is 0 Å². The highest BCUT2D eigenvalue weighted by Crippen LogP contribution is 2.32. The monoisotopic (exact) mass is 286 g/mol. The average Bonchev–Trinajstić information content (AvgIpc) is 2.93. The van der Waals surface area contributed by atoms with Gasteiger partial charge in [0.2, 0.25) is 6.79 Å². The van der Waals surface area contributed by atoms with Crippen LogP contribution in [0.4, 0.5) is 11.4 Å². The molecule has 108 valence electrons. The molecule has 1 N–H and O–H groups in total. The van der Waals surface area contributed by atoms with Crippen LogP contribution in [0.2, 0.25) is 0 Å². The maximum Gasteiger partial charge on any atom is 0.269 e. The predicted molar refractivity (Wildman–Crippen MR) is 77.7 cm³/mol. The van der Waals surface area contributed by atoms with Gasteiger partial charge in [-0.05, 0) is 36.2 Å². The summed E-state index contributed by atoms with van der Waals surface area (Å²) in [5.41, 5.74) is 2.86. The van der Waals surface area contributed by atoms with Gasteiger partial charge < -0.3 is 14.8 Å². The molecule has 0 aliphatic carbocycles. The van der Waals surface area contributed by atoms with Gasteiger partial charge in [0.25, 0.3) is 5.69 Å². The third-order valence-corrected chi connectivity index (χ3v) is 3.34. The molecule has 0 aromatic heterocycles. The molecule has 3 rings (SSSR count). The van der Waals surface area contributed by atoms with Crippen molar-refractivity contribution in [3.8, 4) is 11.5 Å². The van der Waals surface area contributed by atoms with Crippen LogP contribution in [0.5, 0.6) is 11.5 Å². The lowest BCUT2D eigenvalue weighted by Crippen LogP contribution is -2.01. The van der Waals surface area contributed by atoms with Crippen molar-refractivity contribution in [3.05, 3.63) is 57.6 Å². The highest BCUT2D eigenvalue weighted by atomic mass is 16.7. The van der Waals surface area contributed by atoms with E-state index < -0.39 is 4.92 Å². The average molecular weight is 286 g/mol. The Morgan fingerprint density at radius 3 is 2.76 bits per heavy atom. The van der Waals surface area contributed by atoms with Crippen LogP contribution >= 0.6 is 0 Å². The first-order chi connectivity index (χ1) is 10.1. The highest BCUT2D eigenvalue weighted by Gasteiger charge is 2.13. The first-order valence-electron chi connectivity index (χ1n) is 6.51. The smallest absolute Gasteiger partial charge is 0.269 e.